The Morgan fingerprint density at radius 2 is 1.70 bits per heavy atom. The van der Waals surface area contributed by atoms with E-state index in [2.05, 4.69) is 26.6 Å². The molecule has 2 N–H and O–H groups in total. The topological polar surface area (TPSA) is 97.0 Å². The normalized spacial score (nSPS) is 20.7. The van der Waals surface area contributed by atoms with E-state index in [4.69, 9.17) is 9.47 Å². The summed E-state index contributed by atoms with van der Waals surface area (Å²) in [6, 6.07) is 17.6. The molecule has 0 aliphatic carbocycles. The van der Waals surface area contributed by atoms with Crippen molar-refractivity contribution in [1.82, 2.24) is 5.32 Å². The SMILES string of the molecule is COc1ccc(C2C(C(=O)NC3CCc4cc(Br)ccc4NC3=O)CCC(=O)N2c2ccc(C)cc2)cc1OC. The van der Waals surface area contributed by atoms with Crippen LogP contribution >= 0.6 is 15.9 Å². The first-order valence-corrected chi connectivity index (χ1v) is 14.1. The number of carbonyl (C=O) groups excluding carboxylic acids is 3. The Balaban J connectivity index is 1.48. The molecule has 208 valence electrons. The van der Waals surface area contributed by atoms with Gasteiger partial charge in [0.05, 0.1) is 26.2 Å². The zero-order valence-corrected chi connectivity index (χ0v) is 24.3. The molecule has 0 saturated carbocycles. The van der Waals surface area contributed by atoms with Crippen LogP contribution in [-0.2, 0) is 20.8 Å². The number of ether oxygens (including phenoxy) is 2. The number of aryl methyl sites for hydroxylation is 2. The van der Waals surface area contributed by atoms with E-state index in [1.807, 2.05) is 61.5 Å². The lowest BCUT2D eigenvalue weighted by molar-refractivity contribution is -0.132. The van der Waals surface area contributed by atoms with Gasteiger partial charge in [-0.1, -0.05) is 39.7 Å². The molecule has 2 aliphatic rings. The summed E-state index contributed by atoms with van der Waals surface area (Å²) < 4.78 is 11.9. The molecule has 9 heteroatoms. The third-order valence-corrected chi connectivity index (χ3v) is 8.15. The Morgan fingerprint density at radius 1 is 0.950 bits per heavy atom. The van der Waals surface area contributed by atoms with Crippen molar-refractivity contribution in [3.63, 3.8) is 0 Å². The van der Waals surface area contributed by atoms with Crippen LogP contribution in [0.3, 0.4) is 0 Å². The van der Waals surface area contributed by atoms with Crippen LogP contribution in [-0.4, -0.2) is 38.0 Å². The average Bonchev–Trinajstić information content (AvgIpc) is 3.10. The number of amides is 3. The highest BCUT2D eigenvalue weighted by molar-refractivity contribution is 9.10. The predicted octanol–water partition coefficient (Wildman–Crippen LogP) is 5.33. The summed E-state index contributed by atoms with van der Waals surface area (Å²) in [5.41, 5.74) is 4.28. The van der Waals surface area contributed by atoms with Gasteiger partial charge in [0, 0.05) is 22.3 Å². The number of piperidine rings is 1. The minimum absolute atomic E-state index is 0.0686. The molecule has 2 heterocycles. The number of fused-ring (bicyclic) bond motifs is 1. The number of benzene rings is 3. The molecule has 0 bridgehead atoms. The smallest absolute Gasteiger partial charge is 0.246 e. The highest BCUT2D eigenvalue weighted by atomic mass is 79.9. The third-order valence-electron chi connectivity index (χ3n) is 7.66. The second kappa shape index (κ2) is 11.7. The molecule has 3 amide bonds. The van der Waals surface area contributed by atoms with Crippen LogP contribution in [0.25, 0.3) is 0 Å². The van der Waals surface area contributed by atoms with Crippen molar-refractivity contribution < 1.29 is 23.9 Å². The third kappa shape index (κ3) is 5.56. The molecule has 40 heavy (non-hydrogen) atoms. The molecule has 0 radical (unpaired) electrons. The van der Waals surface area contributed by atoms with E-state index in [1.54, 1.807) is 25.2 Å². The van der Waals surface area contributed by atoms with Crippen LogP contribution in [0.2, 0.25) is 0 Å². The van der Waals surface area contributed by atoms with E-state index in [-0.39, 0.29) is 24.1 Å². The monoisotopic (exact) mass is 605 g/mol. The lowest BCUT2D eigenvalue weighted by Gasteiger charge is -2.41. The number of nitrogens with one attached hydrogen (secondary N) is 2. The number of halogens is 1. The molecule has 3 aromatic carbocycles. The lowest BCUT2D eigenvalue weighted by atomic mass is 9.82. The van der Waals surface area contributed by atoms with Crippen molar-refractivity contribution >= 4 is 45.0 Å². The second-order valence-corrected chi connectivity index (χ2v) is 11.1. The summed E-state index contributed by atoms with van der Waals surface area (Å²) in [6.07, 6.45) is 1.67. The van der Waals surface area contributed by atoms with Crippen molar-refractivity contribution in [2.75, 3.05) is 24.4 Å². The molecular weight excluding hydrogens is 574 g/mol. The highest BCUT2D eigenvalue weighted by Gasteiger charge is 2.42. The minimum Gasteiger partial charge on any atom is -0.493 e. The number of carbonyl (C=O) groups is 3. The second-order valence-electron chi connectivity index (χ2n) is 10.2. The molecule has 2 aliphatic heterocycles. The molecule has 1 saturated heterocycles. The summed E-state index contributed by atoms with van der Waals surface area (Å²) in [4.78, 5) is 42.2. The van der Waals surface area contributed by atoms with Crippen LogP contribution < -0.4 is 25.0 Å². The van der Waals surface area contributed by atoms with E-state index in [0.717, 1.165) is 26.9 Å². The molecule has 3 unspecified atom stereocenters. The Bertz CT molecular complexity index is 1440. The maximum Gasteiger partial charge on any atom is 0.246 e. The van der Waals surface area contributed by atoms with Crippen molar-refractivity contribution in [2.24, 2.45) is 5.92 Å². The predicted molar refractivity (Wildman–Crippen MR) is 157 cm³/mol. The van der Waals surface area contributed by atoms with Crippen LogP contribution in [0.5, 0.6) is 11.5 Å². The Labute approximate surface area is 242 Å². The van der Waals surface area contributed by atoms with E-state index in [0.29, 0.717) is 36.4 Å². The summed E-state index contributed by atoms with van der Waals surface area (Å²) in [5, 5.41) is 5.97. The van der Waals surface area contributed by atoms with Crippen molar-refractivity contribution in [2.45, 2.75) is 44.7 Å². The number of hydrogen-bond acceptors (Lipinski definition) is 5. The summed E-state index contributed by atoms with van der Waals surface area (Å²) in [6.45, 7) is 1.98. The van der Waals surface area contributed by atoms with Crippen molar-refractivity contribution in [3.05, 3.63) is 81.8 Å². The number of nitrogens with zero attached hydrogens (tertiary/aromatic N) is 1. The highest BCUT2D eigenvalue weighted by Crippen LogP contribution is 2.42. The Kier molecular flexibility index (Phi) is 8.12. The zero-order valence-electron chi connectivity index (χ0n) is 22.7. The Morgan fingerprint density at radius 3 is 2.42 bits per heavy atom. The molecule has 5 rings (SSSR count). The Hall–Kier alpha value is -3.85. The zero-order chi connectivity index (χ0) is 28.4. The largest absolute Gasteiger partial charge is 0.493 e. The van der Waals surface area contributed by atoms with Gasteiger partial charge in [0.2, 0.25) is 17.7 Å². The van der Waals surface area contributed by atoms with Gasteiger partial charge in [0.15, 0.2) is 11.5 Å². The standard InChI is InChI=1S/C31H32BrN3O5/c1-18-4-9-22(10-5-18)35-28(36)15-11-23(29(35)20-7-14-26(39-2)27(17-20)40-3)30(37)34-25-12-6-19-16-21(32)8-13-24(19)33-31(25)38/h4-5,7-10,13-14,16-17,23,25,29H,6,11-12,15H2,1-3H3,(H,33,38)(H,34,37). The van der Waals surface area contributed by atoms with Gasteiger partial charge in [-0.05, 0) is 79.8 Å². The molecule has 3 atom stereocenters. The lowest BCUT2D eigenvalue weighted by Crippen LogP contribution is -2.52. The first-order valence-electron chi connectivity index (χ1n) is 13.3. The first-order chi connectivity index (χ1) is 19.3. The summed E-state index contributed by atoms with van der Waals surface area (Å²) in [7, 11) is 3.11. The van der Waals surface area contributed by atoms with Gasteiger partial charge in [-0.15, -0.1) is 0 Å². The van der Waals surface area contributed by atoms with Gasteiger partial charge < -0.3 is 25.0 Å². The first kappa shape index (κ1) is 27.7. The summed E-state index contributed by atoms with van der Waals surface area (Å²) in [5.74, 6) is -0.118. The fraction of sp³-hybridized carbons (Fsp3) is 0.323. The number of anilines is 2. The van der Waals surface area contributed by atoms with Gasteiger partial charge in [-0.2, -0.15) is 0 Å². The molecule has 0 spiro atoms. The minimum atomic E-state index is -0.699. The van der Waals surface area contributed by atoms with Crippen molar-refractivity contribution in [1.29, 1.82) is 0 Å². The van der Waals surface area contributed by atoms with Gasteiger partial charge >= 0.3 is 0 Å². The number of methoxy groups -OCH3 is 2. The molecule has 8 nitrogen and oxygen atoms in total. The van der Waals surface area contributed by atoms with E-state index >= 15 is 0 Å². The van der Waals surface area contributed by atoms with Gasteiger partial charge in [-0.3, -0.25) is 14.4 Å². The van der Waals surface area contributed by atoms with E-state index in [9.17, 15) is 14.4 Å². The van der Waals surface area contributed by atoms with Crippen LogP contribution in [0.4, 0.5) is 11.4 Å². The fourth-order valence-electron chi connectivity index (χ4n) is 5.55. The van der Waals surface area contributed by atoms with Gasteiger partial charge in [0.25, 0.3) is 0 Å². The number of rotatable bonds is 6. The molecule has 1 fully saturated rings. The molecular formula is C31H32BrN3O5. The van der Waals surface area contributed by atoms with Crippen LogP contribution in [0.1, 0.15) is 42.0 Å². The van der Waals surface area contributed by atoms with Crippen LogP contribution in [0.15, 0.2) is 65.1 Å². The maximum atomic E-state index is 14.0. The maximum absolute atomic E-state index is 14.0. The van der Waals surface area contributed by atoms with E-state index < -0.39 is 18.0 Å². The van der Waals surface area contributed by atoms with Gasteiger partial charge in [0.1, 0.15) is 6.04 Å². The van der Waals surface area contributed by atoms with Crippen LogP contribution in [0, 0.1) is 12.8 Å². The van der Waals surface area contributed by atoms with E-state index in [1.165, 1.54) is 0 Å². The average molecular weight is 607 g/mol. The molecule has 3 aromatic rings. The number of hydrogen-bond donors (Lipinski definition) is 2. The summed E-state index contributed by atoms with van der Waals surface area (Å²) >= 11 is 3.49. The van der Waals surface area contributed by atoms with Gasteiger partial charge in [-0.25, -0.2) is 0 Å². The quantitative estimate of drug-likeness (QED) is 0.396. The van der Waals surface area contributed by atoms with Crippen molar-refractivity contribution in [3.8, 4) is 11.5 Å². The fourth-order valence-corrected chi connectivity index (χ4v) is 5.96. The molecule has 0 aromatic heterocycles.